The number of hydrogen-bond acceptors (Lipinski definition) is 6. The molecule has 1 heterocycles. The molecule has 30 heavy (non-hydrogen) atoms. The van der Waals surface area contributed by atoms with Crippen molar-refractivity contribution in [1.82, 2.24) is 4.90 Å². The summed E-state index contributed by atoms with van der Waals surface area (Å²) in [6, 6.07) is 10.2. The van der Waals surface area contributed by atoms with E-state index in [0.29, 0.717) is 35.5 Å². The molecular formula is C21H21N3O6. The van der Waals surface area contributed by atoms with Gasteiger partial charge in [-0.1, -0.05) is 6.07 Å². The first-order valence-corrected chi connectivity index (χ1v) is 9.20. The highest BCUT2D eigenvalue weighted by Crippen LogP contribution is 2.26. The number of fused-ring (bicyclic) bond motifs is 1. The molecule has 3 rings (SSSR count). The summed E-state index contributed by atoms with van der Waals surface area (Å²) in [7, 11) is 2.82. The van der Waals surface area contributed by atoms with Crippen LogP contribution in [0.3, 0.4) is 0 Å². The standard InChI is InChI=1S/C21H21N3O6/c1-29-10-4-9-24-18(25)16-8-7-15(12-17(16)19(24)26)23-21(28)22-14-6-3-5-13(11-14)20(27)30-2/h3,5-8,11-12H,4,9-10H2,1-2H3,(H2,22,23,28). The summed E-state index contributed by atoms with van der Waals surface area (Å²) in [6.07, 6.45) is 0.542. The third-order valence-corrected chi connectivity index (χ3v) is 4.50. The summed E-state index contributed by atoms with van der Waals surface area (Å²) >= 11 is 0. The molecule has 0 saturated heterocycles. The van der Waals surface area contributed by atoms with Crippen molar-refractivity contribution in [2.45, 2.75) is 6.42 Å². The molecule has 0 fully saturated rings. The lowest BCUT2D eigenvalue weighted by Crippen LogP contribution is -2.31. The van der Waals surface area contributed by atoms with E-state index in [1.807, 2.05) is 0 Å². The van der Waals surface area contributed by atoms with Gasteiger partial charge in [-0.05, 0) is 42.8 Å². The van der Waals surface area contributed by atoms with Crippen LogP contribution in [-0.2, 0) is 9.47 Å². The molecule has 0 atom stereocenters. The zero-order chi connectivity index (χ0) is 21.7. The number of urea groups is 1. The maximum atomic E-state index is 12.6. The monoisotopic (exact) mass is 411 g/mol. The van der Waals surface area contributed by atoms with Crippen molar-refractivity contribution in [2.24, 2.45) is 0 Å². The Morgan fingerprint density at radius 2 is 1.63 bits per heavy atom. The van der Waals surface area contributed by atoms with E-state index in [9.17, 15) is 19.2 Å². The van der Waals surface area contributed by atoms with Gasteiger partial charge < -0.3 is 20.1 Å². The Kier molecular flexibility index (Phi) is 6.43. The molecular weight excluding hydrogens is 390 g/mol. The van der Waals surface area contributed by atoms with Gasteiger partial charge in [-0.15, -0.1) is 0 Å². The zero-order valence-electron chi connectivity index (χ0n) is 16.6. The third kappa shape index (κ3) is 4.47. The first kappa shape index (κ1) is 21.0. The Labute approximate surface area is 172 Å². The van der Waals surface area contributed by atoms with Crippen molar-refractivity contribution in [3.8, 4) is 0 Å². The van der Waals surface area contributed by atoms with E-state index in [2.05, 4.69) is 15.4 Å². The summed E-state index contributed by atoms with van der Waals surface area (Å²) in [5.74, 6) is -1.28. The highest BCUT2D eigenvalue weighted by atomic mass is 16.5. The molecule has 1 aliphatic rings. The molecule has 0 spiro atoms. The van der Waals surface area contributed by atoms with Gasteiger partial charge in [0.2, 0.25) is 0 Å². The van der Waals surface area contributed by atoms with Crippen molar-refractivity contribution >= 4 is 35.2 Å². The molecule has 0 bridgehead atoms. The summed E-state index contributed by atoms with van der Waals surface area (Å²) in [6.45, 7) is 0.706. The largest absolute Gasteiger partial charge is 0.465 e. The Morgan fingerprint density at radius 1 is 0.933 bits per heavy atom. The molecule has 0 radical (unpaired) electrons. The van der Waals surface area contributed by atoms with Crippen LogP contribution in [0.4, 0.5) is 16.2 Å². The van der Waals surface area contributed by atoms with E-state index in [4.69, 9.17) is 4.74 Å². The van der Waals surface area contributed by atoms with Crippen LogP contribution >= 0.6 is 0 Å². The fraction of sp³-hybridized carbons (Fsp3) is 0.238. The molecule has 156 valence electrons. The average molecular weight is 411 g/mol. The fourth-order valence-electron chi connectivity index (χ4n) is 3.07. The minimum atomic E-state index is -0.564. The van der Waals surface area contributed by atoms with Crippen molar-refractivity contribution in [3.63, 3.8) is 0 Å². The SMILES string of the molecule is COCCCN1C(=O)c2ccc(NC(=O)Nc3cccc(C(=O)OC)c3)cc2C1=O. The summed E-state index contributed by atoms with van der Waals surface area (Å²) in [5.41, 5.74) is 1.59. The van der Waals surface area contributed by atoms with Gasteiger partial charge in [-0.3, -0.25) is 14.5 Å². The third-order valence-electron chi connectivity index (χ3n) is 4.50. The molecule has 0 aromatic heterocycles. The van der Waals surface area contributed by atoms with Gasteiger partial charge in [-0.25, -0.2) is 9.59 Å². The van der Waals surface area contributed by atoms with Crippen LogP contribution in [0.2, 0.25) is 0 Å². The zero-order valence-corrected chi connectivity index (χ0v) is 16.6. The molecule has 0 aliphatic carbocycles. The maximum absolute atomic E-state index is 12.6. The number of nitrogens with zero attached hydrogens (tertiary/aromatic N) is 1. The van der Waals surface area contributed by atoms with E-state index in [0.717, 1.165) is 0 Å². The van der Waals surface area contributed by atoms with E-state index in [1.165, 1.54) is 30.2 Å². The van der Waals surface area contributed by atoms with Crippen LogP contribution in [0.1, 0.15) is 37.5 Å². The number of imide groups is 1. The molecule has 9 nitrogen and oxygen atoms in total. The normalized spacial score (nSPS) is 12.5. The molecule has 1 aliphatic heterocycles. The molecule has 0 unspecified atom stereocenters. The number of amides is 4. The highest BCUT2D eigenvalue weighted by molar-refractivity contribution is 6.22. The minimum absolute atomic E-state index is 0.239. The molecule has 9 heteroatoms. The van der Waals surface area contributed by atoms with Gasteiger partial charge in [0, 0.05) is 31.6 Å². The van der Waals surface area contributed by atoms with Gasteiger partial charge >= 0.3 is 12.0 Å². The summed E-state index contributed by atoms with van der Waals surface area (Å²) in [4.78, 5) is 50.0. The van der Waals surface area contributed by atoms with Crippen LogP contribution in [0.15, 0.2) is 42.5 Å². The number of carbonyl (C=O) groups excluding carboxylic acids is 4. The Morgan fingerprint density at radius 3 is 2.33 bits per heavy atom. The first-order valence-electron chi connectivity index (χ1n) is 9.20. The van der Waals surface area contributed by atoms with Crippen LogP contribution in [0.25, 0.3) is 0 Å². The van der Waals surface area contributed by atoms with Gasteiger partial charge in [0.15, 0.2) is 0 Å². The van der Waals surface area contributed by atoms with Gasteiger partial charge in [0.1, 0.15) is 0 Å². The number of methoxy groups -OCH3 is 2. The van der Waals surface area contributed by atoms with E-state index < -0.39 is 17.9 Å². The molecule has 2 aromatic rings. The van der Waals surface area contributed by atoms with E-state index in [1.54, 1.807) is 31.4 Å². The highest BCUT2D eigenvalue weighted by Gasteiger charge is 2.35. The van der Waals surface area contributed by atoms with Crippen molar-refractivity contribution in [1.29, 1.82) is 0 Å². The minimum Gasteiger partial charge on any atom is -0.465 e. The predicted octanol–water partition coefficient (Wildman–Crippen LogP) is 2.75. The first-order chi connectivity index (χ1) is 14.4. The Balaban J connectivity index is 1.68. The van der Waals surface area contributed by atoms with Gasteiger partial charge in [0.05, 0.1) is 23.8 Å². The van der Waals surface area contributed by atoms with Crippen LogP contribution in [0.5, 0.6) is 0 Å². The lowest BCUT2D eigenvalue weighted by atomic mass is 10.1. The number of rotatable bonds is 7. The van der Waals surface area contributed by atoms with Crippen LogP contribution in [0, 0.1) is 0 Å². The second kappa shape index (κ2) is 9.19. The van der Waals surface area contributed by atoms with Crippen molar-refractivity contribution < 1.29 is 28.7 Å². The molecule has 2 N–H and O–H groups in total. The van der Waals surface area contributed by atoms with Gasteiger partial charge in [0.25, 0.3) is 11.8 Å². The number of nitrogens with one attached hydrogen (secondary N) is 2. The maximum Gasteiger partial charge on any atom is 0.337 e. The Bertz CT molecular complexity index is 1000. The Hall–Kier alpha value is -3.72. The molecule has 4 amide bonds. The molecule has 0 saturated carbocycles. The van der Waals surface area contributed by atoms with Crippen molar-refractivity contribution in [3.05, 3.63) is 59.2 Å². The predicted molar refractivity (Wildman–Crippen MR) is 109 cm³/mol. The van der Waals surface area contributed by atoms with E-state index in [-0.39, 0.29) is 18.0 Å². The smallest absolute Gasteiger partial charge is 0.337 e. The number of carbonyl (C=O) groups is 4. The number of esters is 1. The van der Waals surface area contributed by atoms with Crippen molar-refractivity contribution in [2.75, 3.05) is 38.0 Å². The molecule has 2 aromatic carbocycles. The number of benzene rings is 2. The van der Waals surface area contributed by atoms with Crippen LogP contribution in [-0.4, -0.2) is 56.1 Å². The summed E-state index contributed by atoms with van der Waals surface area (Å²) in [5, 5.41) is 5.22. The lowest BCUT2D eigenvalue weighted by molar-refractivity contribution is 0.0597. The van der Waals surface area contributed by atoms with Crippen LogP contribution < -0.4 is 10.6 Å². The van der Waals surface area contributed by atoms with Gasteiger partial charge in [-0.2, -0.15) is 0 Å². The lowest BCUT2D eigenvalue weighted by Gasteiger charge is -2.12. The number of hydrogen-bond donors (Lipinski definition) is 2. The number of ether oxygens (including phenoxy) is 2. The number of anilines is 2. The van der Waals surface area contributed by atoms with E-state index >= 15 is 0 Å². The second-order valence-corrected chi connectivity index (χ2v) is 6.52. The summed E-state index contributed by atoms with van der Waals surface area (Å²) < 4.78 is 9.61. The quantitative estimate of drug-likeness (QED) is 0.411. The average Bonchev–Trinajstić information content (AvgIpc) is 2.97. The topological polar surface area (TPSA) is 114 Å². The fourth-order valence-corrected chi connectivity index (χ4v) is 3.07. The second-order valence-electron chi connectivity index (χ2n) is 6.52.